The molecule has 1 atom stereocenters. The van der Waals surface area contributed by atoms with E-state index in [-0.39, 0.29) is 0 Å². The predicted octanol–water partition coefficient (Wildman–Crippen LogP) is 5.72. The first-order chi connectivity index (χ1) is 10.9. The quantitative estimate of drug-likeness (QED) is 0.521. The Morgan fingerprint density at radius 2 is 2.04 bits per heavy atom. The second-order valence-electron chi connectivity index (χ2n) is 6.80. The summed E-state index contributed by atoms with van der Waals surface area (Å²) < 4.78 is 10.6. The normalized spacial score (nSPS) is 18.1. The van der Waals surface area contributed by atoms with Gasteiger partial charge in [-0.05, 0) is 67.8 Å². The maximum atomic E-state index is 11.9. The van der Waals surface area contributed by atoms with Gasteiger partial charge in [0.25, 0.3) is 0 Å². The third-order valence-corrected chi connectivity index (χ3v) is 5.17. The first-order valence-electron chi connectivity index (χ1n) is 7.97. The zero-order chi connectivity index (χ0) is 16.4. The van der Waals surface area contributed by atoms with Crippen LogP contribution in [0.1, 0.15) is 44.4 Å². The number of carbonyl (C=O) groups is 1. The summed E-state index contributed by atoms with van der Waals surface area (Å²) in [5.74, 6) is 1.75. The molecular weight excluding hydrogens is 308 g/mol. The van der Waals surface area contributed by atoms with Gasteiger partial charge in [-0.25, -0.2) is 4.79 Å². The van der Waals surface area contributed by atoms with Gasteiger partial charge in [0.05, 0.1) is 0 Å². The van der Waals surface area contributed by atoms with Gasteiger partial charge in [-0.15, -0.1) is 0 Å². The van der Waals surface area contributed by atoms with Gasteiger partial charge >= 0.3 is 6.16 Å². The van der Waals surface area contributed by atoms with Crippen LogP contribution >= 0.6 is 11.8 Å². The molecule has 1 saturated heterocycles. The molecule has 0 aliphatic carbocycles. The minimum Gasteiger partial charge on any atom is -0.428 e. The summed E-state index contributed by atoms with van der Waals surface area (Å²) >= 11 is 2.01. The van der Waals surface area contributed by atoms with E-state index in [1.165, 1.54) is 29.5 Å². The Kier molecular flexibility index (Phi) is 4.53. The zero-order valence-electron chi connectivity index (χ0n) is 13.8. The van der Waals surface area contributed by atoms with E-state index in [0.29, 0.717) is 11.0 Å². The summed E-state index contributed by atoms with van der Waals surface area (Å²) in [7, 11) is 0. The number of thioether (sulfide) groups is 1. The van der Waals surface area contributed by atoms with Gasteiger partial charge in [0.15, 0.2) is 0 Å². The van der Waals surface area contributed by atoms with Crippen molar-refractivity contribution in [2.75, 3.05) is 5.75 Å². The number of hydrogen-bond donors (Lipinski definition) is 0. The Bertz CT molecular complexity index is 712. The molecule has 122 valence electrons. The maximum absolute atomic E-state index is 11.9. The molecular formula is C19H22O3S. The molecule has 1 unspecified atom stereocenters. The van der Waals surface area contributed by atoms with Crippen LogP contribution in [-0.4, -0.2) is 17.5 Å². The highest BCUT2D eigenvalue weighted by atomic mass is 32.2. The van der Waals surface area contributed by atoms with Crippen molar-refractivity contribution in [1.82, 2.24) is 0 Å². The van der Waals surface area contributed by atoms with E-state index >= 15 is 0 Å². The molecule has 3 rings (SSSR count). The van der Waals surface area contributed by atoms with E-state index in [2.05, 4.69) is 18.2 Å². The van der Waals surface area contributed by atoms with Crippen LogP contribution in [0.4, 0.5) is 4.79 Å². The average Bonchev–Trinajstić information content (AvgIpc) is 2.98. The maximum Gasteiger partial charge on any atom is 0.514 e. The van der Waals surface area contributed by atoms with Crippen molar-refractivity contribution in [1.29, 1.82) is 0 Å². The van der Waals surface area contributed by atoms with E-state index in [0.717, 1.165) is 5.39 Å². The van der Waals surface area contributed by atoms with Crippen LogP contribution in [0.15, 0.2) is 36.4 Å². The lowest BCUT2D eigenvalue weighted by Crippen LogP contribution is -2.25. The molecule has 0 bridgehead atoms. The van der Waals surface area contributed by atoms with Gasteiger partial charge in [0.2, 0.25) is 0 Å². The number of rotatable bonds is 2. The second-order valence-corrected chi connectivity index (χ2v) is 8.11. The standard InChI is InChI=1S/C19H22O3S/c1-19(2,3)22-18(20)21-14-10-9-13-6-4-7-15(16(13)12-14)17-8-5-11-23-17/h4,6-7,9-10,12,17H,5,8,11H2,1-3H3. The molecule has 0 radical (unpaired) electrons. The fourth-order valence-corrected chi connectivity index (χ4v) is 4.15. The molecule has 2 aromatic rings. The van der Waals surface area contributed by atoms with E-state index in [1.807, 2.05) is 50.7 Å². The Morgan fingerprint density at radius 1 is 1.22 bits per heavy atom. The molecule has 0 spiro atoms. The van der Waals surface area contributed by atoms with Gasteiger partial charge in [-0.3, -0.25) is 0 Å². The van der Waals surface area contributed by atoms with Crippen molar-refractivity contribution in [2.45, 2.75) is 44.5 Å². The van der Waals surface area contributed by atoms with Crippen LogP contribution < -0.4 is 4.74 Å². The molecule has 1 heterocycles. The van der Waals surface area contributed by atoms with Gasteiger partial charge in [0, 0.05) is 5.25 Å². The van der Waals surface area contributed by atoms with Gasteiger partial charge < -0.3 is 9.47 Å². The van der Waals surface area contributed by atoms with Crippen LogP contribution in [0.25, 0.3) is 10.8 Å². The topological polar surface area (TPSA) is 35.5 Å². The molecule has 4 heteroatoms. The highest BCUT2D eigenvalue weighted by Crippen LogP contribution is 2.43. The number of ether oxygens (including phenoxy) is 2. The summed E-state index contributed by atoms with van der Waals surface area (Å²) in [6.45, 7) is 5.47. The Labute approximate surface area is 141 Å². The van der Waals surface area contributed by atoms with Crippen LogP contribution in [0, 0.1) is 0 Å². The fraction of sp³-hybridized carbons (Fsp3) is 0.421. The van der Waals surface area contributed by atoms with E-state index < -0.39 is 11.8 Å². The number of benzene rings is 2. The molecule has 0 aromatic heterocycles. The van der Waals surface area contributed by atoms with Crippen molar-refractivity contribution < 1.29 is 14.3 Å². The van der Waals surface area contributed by atoms with Crippen molar-refractivity contribution in [2.24, 2.45) is 0 Å². The molecule has 23 heavy (non-hydrogen) atoms. The molecule has 1 aliphatic heterocycles. The number of carbonyl (C=O) groups excluding carboxylic acids is 1. The molecule has 1 fully saturated rings. The number of fused-ring (bicyclic) bond motifs is 1. The minimum absolute atomic E-state index is 0.530. The fourth-order valence-electron chi connectivity index (χ4n) is 2.81. The Hall–Kier alpha value is -1.68. The molecule has 3 nitrogen and oxygen atoms in total. The molecule has 0 amide bonds. The van der Waals surface area contributed by atoms with Crippen LogP contribution in [0.5, 0.6) is 5.75 Å². The van der Waals surface area contributed by atoms with Crippen molar-refractivity contribution in [3.63, 3.8) is 0 Å². The van der Waals surface area contributed by atoms with Gasteiger partial charge in [0.1, 0.15) is 11.4 Å². The minimum atomic E-state index is -0.662. The number of hydrogen-bond acceptors (Lipinski definition) is 4. The Morgan fingerprint density at radius 3 is 2.74 bits per heavy atom. The third-order valence-electron chi connectivity index (χ3n) is 3.75. The predicted molar refractivity (Wildman–Crippen MR) is 95.2 cm³/mol. The zero-order valence-corrected chi connectivity index (χ0v) is 14.6. The molecule has 0 saturated carbocycles. The summed E-state index contributed by atoms with van der Waals surface area (Å²) in [6, 6.07) is 12.1. The van der Waals surface area contributed by atoms with Gasteiger partial charge in [-0.2, -0.15) is 11.8 Å². The second kappa shape index (κ2) is 6.44. The highest BCUT2D eigenvalue weighted by molar-refractivity contribution is 7.99. The van der Waals surface area contributed by atoms with Crippen molar-refractivity contribution >= 4 is 28.7 Å². The van der Waals surface area contributed by atoms with Crippen molar-refractivity contribution in [3.8, 4) is 5.75 Å². The highest BCUT2D eigenvalue weighted by Gasteiger charge is 2.21. The molecule has 0 N–H and O–H groups in total. The molecule has 1 aliphatic rings. The Balaban J connectivity index is 1.88. The summed E-state index contributed by atoms with van der Waals surface area (Å²) in [6.07, 6.45) is 1.81. The summed E-state index contributed by atoms with van der Waals surface area (Å²) in [5.41, 5.74) is 0.777. The monoisotopic (exact) mass is 330 g/mol. The third kappa shape index (κ3) is 3.99. The smallest absolute Gasteiger partial charge is 0.428 e. The average molecular weight is 330 g/mol. The first-order valence-corrected chi connectivity index (χ1v) is 9.02. The first kappa shape index (κ1) is 16.2. The van der Waals surface area contributed by atoms with E-state index in [4.69, 9.17) is 9.47 Å². The van der Waals surface area contributed by atoms with E-state index in [1.54, 1.807) is 0 Å². The van der Waals surface area contributed by atoms with E-state index in [9.17, 15) is 4.79 Å². The van der Waals surface area contributed by atoms with Crippen LogP contribution in [0.2, 0.25) is 0 Å². The molecule has 2 aromatic carbocycles. The SMILES string of the molecule is CC(C)(C)OC(=O)Oc1ccc2cccc(C3CCCS3)c2c1. The van der Waals surface area contributed by atoms with Crippen molar-refractivity contribution in [3.05, 3.63) is 42.0 Å². The largest absolute Gasteiger partial charge is 0.514 e. The lowest BCUT2D eigenvalue weighted by molar-refractivity contribution is 0.0206. The van der Waals surface area contributed by atoms with Crippen LogP contribution in [-0.2, 0) is 4.74 Å². The summed E-state index contributed by atoms with van der Waals surface area (Å²) in [5, 5.41) is 2.87. The van der Waals surface area contributed by atoms with Crippen LogP contribution in [0.3, 0.4) is 0 Å². The summed E-state index contributed by atoms with van der Waals surface area (Å²) in [4.78, 5) is 11.9. The van der Waals surface area contributed by atoms with Gasteiger partial charge in [-0.1, -0.05) is 24.3 Å². The lowest BCUT2D eigenvalue weighted by atomic mass is 10.00. The lowest BCUT2D eigenvalue weighted by Gasteiger charge is -2.19.